The number of hydrogen-bond donors (Lipinski definition) is 0. The van der Waals surface area contributed by atoms with Crippen LogP contribution in [-0.4, -0.2) is 51.5 Å². The fourth-order valence-corrected chi connectivity index (χ4v) is 5.41. The number of carbonyl (C=O) groups excluding carboxylic acids is 1. The third-order valence-corrected chi connectivity index (χ3v) is 7.54. The molecule has 2 aliphatic heterocycles. The van der Waals surface area contributed by atoms with Crippen molar-refractivity contribution in [1.82, 2.24) is 4.31 Å². The van der Waals surface area contributed by atoms with E-state index in [1.807, 2.05) is 6.07 Å². The van der Waals surface area contributed by atoms with Gasteiger partial charge in [0.1, 0.15) is 5.82 Å². The first-order chi connectivity index (χ1) is 14.5. The maximum Gasteiger partial charge on any atom is 0.243 e. The monoisotopic (exact) mass is 432 g/mol. The first-order valence-corrected chi connectivity index (χ1v) is 11.7. The van der Waals surface area contributed by atoms with Crippen LogP contribution in [0.5, 0.6) is 0 Å². The summed E-state index contributed by atoms with van der Waals surface area (Å²) in [6, 6.07) is 11.6. The molecule has 1 saturated heterocycles. The van der Waals surface area contributed by atoms with Crippen LogP contribution in [0.4, 0.5) is 10.1 Å². The summed E-state index contributed by atoms with van der Waals surface area (Å²) in [4.78, 5) is 14.6. The highest BCUT2D eigenvalue weighted by Gasteiger charge is 2.27. The molecule has 0 unspecified atom stereocenters. The van der Waals surface area contributed by atoms with Gasteiger partial charge in [-0.2, -0.15) is 4.31 Å². The first kappa shape index (κ1) is 21.0. The summed E-state index contributed by atoms with van der Waals surface area (Å²) in [7, 11) is -3.53. The molecule has 4 rings (SSSR count). The number of morpholine rings is 1. The van der Waals surface area contributed by atoms with Gasteiger partial charge in [-0.3, -0.25) is 4.79 Å². The van der Waals surface area contributed by atoms with E-state index >= 15 is 0 Å². The Hall–Kier alpha value is -2.29. The van der Waals surface area contributed by atoms with E-state index in [2.05, 4.69) is 0 Å². The van der Waals surface area contributed by atoms with Crippen molar-refractivity contribution in [2.24, 2.45) is 0 Å². The van der Waals surface area contributed by atoms with Crippen molar-refractivity contribution in [2.45, 2.75) is 30.6 Å². The highest BCUT2D eigenvalue weighted by atomic mass is 32.2. The van der Waals surface area contributed by atoms with E-state index < -0.39 is 10.0 Å². The number of anilines is 1. The highest BCUT2D eigenvalue weighted by molar-refractivity contribution is 7.89. The second-order valence-electron chi connectivity index (χ2n) is 7.56. The molecule has 2 heterocycles. The third-order valence-electron chi connectivity index (χ3n) is 5.63. The molecule has 1 fully saturated rings. The summed E-state index contributed by atoms with van der Waals surface area (Å²) in [5, 5.41) is 0. The van der Waals surface area contributed by atoms with E-state index in [0.717, 1.165) is 24.0 Å². The van der Waals surface area contributed by atoms with Gasteiger partial charge in [0.2, 0.25) is 15.9 Å². The second kappa shape index (κ2) is 8.83. The van der Waals surface area contributed by atoms with Crippen molar-refractivity contribution in [3.63, 3.8) is 0 Å². The van der Waals surface area contributed by atoms with E-state index in [1.54, 1.807) is 35.2 Å². The van der Waals surface area contributed by atoms with Crippen molar-refractivity contribution in [2.75, 3.05) is 37.7 Å². The molecule has 0 radical (unpaired) electrons. The predicted octanol–water partition coefficient (Wildman–Crippen LogP) is 2.76. The quantitative estimate of drug-likeness (QED) is 0.729. The third kappa shape index (κ3) is 4.26. The van der Waals surface area contributed by atoms with Crippen LogP contribution >= 0.6 is 0 Å². The number of halogens is 1. The number of para-hydroxylation sites is 1. The van der Waals surface area contributed by atoms with Crippen LogP contribution in [0.15, 0.2) is 47.4 Å². The smallest absolute Gasteiger partial charge is 0.243 e. The van der Waals surface area contributed by atoms with Crippen LogP contribution in [-0.2, 0) is 32.4 Å². The van der Waals surface area contributed by atoms with Gasteiger partial charge in [-0.1, -0.05) is 24.3 Å². The fraction of sp³-hybridized carbons (Fsp3) is 0.409. The van der Waals surface area contributed by atoms with Crippen molar-refractivity contribution >= 4 is 21.6 Å². The Labute approximate surface area is 176 Å². The van der Waals surface area contributed by atoms with Crippen LogP contribution in [0, 0.1) is 5.82 Å². The maximum atomic E-state index is 14.3. The Morgan fingerprint density at radius 3 is 2.50 bits per heavy atom. The van der Waals surface area contributed by atoms with Crippen LogP contribution in [0.1, 0.15) is 24.0 Å². The molecule has 2 aromatic carbocycles. The van der Waals surface area contributed by atoms with Crippen LogP contribution < -0.4 is 4.90 Å². The van der Waals surface area contributed by atoms with E-state index in [9.17, 15) is 17.6 Å². The van der Waals surface area contributed by atoms with E-state index in [-0.39, 0.29) is 23.0 Å². The molecular formula is C22H25FN2O4S. The molecule has 0 N–H and O–H groups in total. The summed E-state index contributed by atoms with van der Waals surface area (Å²) >= 11 is 0. The zero-order chi connectivity index (χ0) is 21.1. The van der Waals surface area contributed by atoms with Crippen molar-refractivity contribution < 1.29 is 22.3 Å². The average molecular weight is 433 g/mol. The first-order valence-electron chi connectivity index (χ1n) is 10.2. The van der Waals surface area contributed by atoms with Crippen molar-refractivity contribution in [3.05, 3.63) is 59.4 Å². The van der Waals surface area contributed by atoms with Gasteiger partial charge in [-0.15, -0.1) is 0 Å². The molecule has 30 heavy (non-hydrogen) atoms. The summed E-state index contributed by atoms with van der Waals surface area (Å²) in [5.41, 5.74) is 2.14. The summed E-state index contributed by atoms with van der Waals surface area (Å²) < 4.78 is 46.3. The molecule has 0 spiro atoms. The number of rotatable bonds is 5. The molecule has 2 aromatic rings. The average Bonchev–Trinajstić information content (AvgIpc) is 2.78. The molecule has 0 atom stereocenters. The lowest BCUT2D eigenvalue weighted by atomic mass is 10.0. The number of sulfonamides is 1. The number of ether oxygens (including phenoxy) is 1. The van der Waals surface area contributed by atoms with Crippen LogP contribution in [0.3, 0.4) is 0 Å². The largest absolute Gasteiger partial charge is 0.379 e. The number of nitrogens with zero attached hydrogens (tertiary/aromatic N) is 2. The van der Waals surface area contributed by atoms with Gasteiger partial charge < -0.3 is 9.64 Å². The molecule has 1 amide bonds. The Kier molecular flexibility index (Phi) is 6.17. The number of amides is 1. The van der Waals surface area contributed by atoms with E-state index in [0.29, 0.717) is 45.0 Å². The molecule has 6 nitrogen and oxygen atoms in total. The van der Waals surface area contributed by atoms with Gasteiger partial charge >= 0.3 is 0 Å². The lowest BCUT2D eigenvalue weighted by molar-refractivity contribution is -0.118. The van der Waals surface area contributed by atoms with Gasteiger partial charge in [0.05, 0.1) is 23.8 Å². The SMILES string of the molecule is O=C(CCc1ccc(S(=O)(=O)N2CCOCC2)cc1)N1CCCc2cccc(F)c21. The Bertz CT molecular complexity index is 1020. The molecule has 0 bridgehead atoms. The van der Waals surface area contributed by atoms with Crippen LogP contribution in [0.25, 0.3) is 0 Å². The number of aryl methyl sites for hydroxylation is 2. The molecule has 2 aliphatic rings. The van der Waals surface area contributed by atoms with Crippen LogP contribution in [0.2, 0.25) is 0 Å². The number of carbonyl (C=O) groups is 1. The summed E-state index contributed by atoms with van der Waals surface area (Å²) in [6.45, 7) is 2.03. The molecule has 0 saturated carbocycles. The van der Waals surface area contributed by atoms with Gasteiger partial charge in [-0.25, -0.2) is 12.8 Å². The Morgan fingerprint density at radius 2 is 1.77 bits per heavy atom. The minimum atomic E-state index is -3.53. The molecule has 8 heteroatoms. The normalized spacial score (nSPS) is 17.6. The fourth-order valence-electron chi connectivity index (χ4n) is 4.00. The summed E-state index contributed by atoms with van der Waals surface area (Å²) in [6.07, 6.45) is 2.30. The van der Waals surface area contributed by atoms with Gasteiger partial charge in [0.25, 0.3) is 0 Å². The zero-order valence-electron chi connectivity index (χ0n) is 16.7. The zero-order valence-corrected chi connectivity index (χ0v) is 17.5. The maximum absolute atomic E-state index is 14.3. The standard InChI is InChI=1S/C22H25FN2O4S/c23-20-5-1-3-18-4-2-12-25(22(18)20)21(26)11-8-17-6-9-19(10-7-17)30(27,28)24-13-15-29-16-14-24/h1,3,5-7,9-10H,2,4,8,11-16H2. The minimum Gasteiger partial charge on any atom is -0.379 e. The topological polar surface area (TPSA) is 66.9 Å². The molecular weight excluding hydrogens is 407 g/mol. The van der Waals surface area contributed by atoms with Gasteiger partial charge in [0.15, 0.2) is 0 Å². The molecule has 0 aromatic heterocycles. The number of benzene rings is 2. The minimum absolute atomic E-state index is 0.119. The van der Waals surface area contributed by atoms with Crippen molar-refractivity contribution in [3.8, 4) is 0 Å². The number of hydrogen-bond acceptors (Lipinski definition) is 4. The second-order valence-corrected chi connectivity index (χ2v) is 9.49. The Balaban J connectivity index is 1.41. The molecule has 0 aliphatic carbocycles. The van der Waals surface area contributed by atoms with Crippen molar-refractivity contribution in [1.29, 1.82) is 0 Å². The van der Waals surface area contributed by atoms with Gasteiger partial charge in [-0.05, 0) is 48.6 Å². The predicted molar refractivity (Wildman–Crippen MR) is 111 cm³/mol. The Morgan fingerprint density at radius 1 is 1.03 bits per heavy atom. The van der Waals surface area contributed by atoms with Gasteiger partial charge in [0, 0.05) is 26.1 Å². The summed E-state index contributed by atoms with van der Waals surface area (Å²) in [5.74, 6) is -0.482. The lowest BCUT2D eigenvalue weighted by Crippen LogP contribution is -2.40. The van der Waals surface area contributed by atoms with E-state index in [1.165, 1.54) is 10.4 Å². The lowest BCUT2D eigenvalue weighted by Gasteiger charge is -2.30. The van der Waals surface area contributed by atoms with E-state index in [4.69, 9.17) is 4.74 Å². The number of fused-ring (bicyclic) bond motifs is 1. The highest BCUT2D eigenvalue weighted by Crippen LogP contribution is 2.30. The molecule has 160 valence electrons.